The van der Waals surface area contributed by atoms with E-state index >= 15 is 0 Å². The molecule has 0 aromatic rings. The van der Waals surface area contributed by atoms with Crippen molar-refractivity contribution in [3.8, 4) is 0 Å². The fraction of sp³-hybridized carbons (Fsp3) is 0.941. The number of hydrogen-bond acceptors (Lipinski definition) is 4. The maximum absolute atomic E-state index is 12.2. The molecule has 1 rings (SSSR count). The zero-order valence-electron chi connectivity index (χ0n) is 14.8. The number of carbonyl (C=O) groups is 1. The van der Waals surface area contributed by atoms with Crippen LogP contribution in [-0.4, -0.2) is 33.5 Å². The summed E-state index contributed by atoms with van der Waals surface area (Å²) in [5, 5.41) is 3.50. The minimum absolute atomic E-state index is 0.0317. The van der Waals surface area contributed by atoms with E-state index in [1.807, 2.05) is 27.7 Å². The molecule has 0 aromatic carbocycles. The van der Waals surface area contributed by atoms with Crippen molar-refractivity contribution in [1.82, 2.24) is 5.32 Å². The van der Waals surface area contributed by atoms with Crippen molar-refractivity contribution in [2.24, 2.45) is 11.8 Å². The van der Waals surface area contributed by atoms with Gasteiger partial charge in [0.05, 0.1) is 18.4 Å². The van der Waals surface area contributed by atoms with Crippen molar-refractivity contribution >= 4 is 16.8 Å². The average Bonchev–Trinajstić information content (AvgIpc) is 2.47. The predicted octanol–water partition coefficient (Wildman–Crippen LogP) is 3.23. The van der Waals surface area contributed by atoms with Gasteiger partial charge in [-0.3, -0.25) is 9.00 Å². The molecule has 1 fully saturated rings. The second-order valence-corrected chi connectivity index (χ2v) is 9.39. The zero-order valence-corrected chi connectivity index (χ0v) is 15.6. The van der Waals surface area contributed by atoms with E-state index in [0.29, 0.717) is 24.4 Å². The number of ether oxygens (including phenoxy) is 1. The lowest BCUT2D eigenvalue weighted by atomic mass is 9.78. The molecule has 0 aromatic heterocycles. The van der Waals surface area contributed by atoms with Crippen LogP contribution >= 0.6 is 0 Å². The van der Waals surface area contributed by atoms with Crippen molar-refractivity contribution in [2.45, 2.75) is 77.5 Å². The van der Waals surface area contributed by atoms with Gasteiger partial charge in [-0.05, 0) is 65.7 Å². The van der Waals surface area contributed by atoms with Crippen LogP contribution in [0, 0.1) is 11.8 Å². The van der Waals surface area contributed by atoms with Crippen molar-refractivity contribution in [2.75, 3.05) is 12.5 Å². The molecule has 1 aliphatic carbocycles. The van der Waals surface area contributed by atoms with Gasteiger partial charge in [-0.15, -0.1) is 0 Å². The molecule has 0 amide bonds. The van der Waals surface area contributed by atoms with Gasteiger partial charge in [-0.25, -0.2) is 0 Å². The highest BCUT2D eigenvalue weighted by Gasteiger charge is 2.31. The molecule has 4 nitrogen and oxygen atoms in total. The summed E-state index contributed by atoms with van der Waals surface area (Å²) in [4.78, 5) is 11.8. The van der Waals surface area contributed by atoms with Crippen LogP contribution in [0.15, 0.2) is 0 Å². The van der Waals surface area contributed by atoms with E-state index in [0.717, 1.165) is 32.1 Å². The summed E-state index contributed by atoms with van der Waals surface area (Å²) in [7, 11) is -0.866. The van der Waals surface area contributed by atoms with Crippen LogP contribution in [0.4, 0.5) is 0 Å². The molecule has 0 saturated heterocycles. The van der Waals surface area contributed by atoms with E-state index in [9.17, 15) is 9.00 Å². The Balaban J connectivity index is 2.43. The standard InChI is InChI=1S/C17H33NO3S/c1-6-15(18-12-22(20)17(3,4)5)13-8-10-14(11-9-13)16(19)21-7-2/h13-15,18H,6-12H2,1-5H3/t13?,14?,15-,22?/m1/s1. The molecule has 1 saturated carbocycles. The summed E-state index contributed by atoms with van der Waals surface area (Å²) in [5.41, 5.74) is 0. The van der Waals surface area contributed by atoms with Crippen molar-refractivity contribution < 1.29 is 13.7 Å². The summed E-state index contributed by atoms with van der Waals surface area (Å²) < 4.78 is 17.1. The number of rotatable bonds is 7. The molecule has 0 spiro atoms. The minimum Gasteiger partial charge on any atom is -0.466 e. The van der Waals surface area contributed by atoms with Gasteiger partial charge in [0, 0.05) is 21.6 Å². The van der Waals surface area contributed by atoms with Crippen LogP contribution in [0.2, 0.25) is 0 Å². The van der Waals surface area contributed by atoms with E-state index < -0.39 is 10.8 Å². The lowest BCUT2D eigenvalue weighted by molar-refractivity contribution is -0.149. The number of esters is 1. The minimum atomic E-state index is -0.866. The molecule has 22 heavy (non-hydrogen) atoms. The van der Waals surface area contributed by atoms with E-state index in [2.05, 4.69) is 12.2 Å². The maximum atomic E-state index is 12.2. The molecule has 1 aliphatic rings. The van der Waals surface area contributed by atoms with Gasteiger partial charge in [0.1, 0.15) is 0 Å². The molecular formula is C17H33NO3S. The van der Waals surface area contributed by atoms with Crippen LogP contribution in [-0.2, 0) is 20.3 Å². The average molecular weight is 332 g/mol. The largest absolute Gasteiger partial charge is 0.466 e. The van der Waals surface area contributed by atoms with Gasteiger partial charge in [-0.1, -0.05) is 6.92 Å². The molecule has 130 valence electrons. The molecule has 0 aliphatic heterocycles. The third kappa shape index (κ3) is 5.99. The topological polar surface area (TPSA) is 55.4 Å². The van der Waals surface area contributed by atoms with E-state index in [1.165, 1.54) is 0 Å². The highest BCUT2D eigenvalue weighted by atomic mass is 32.2. The Morgan fingerprint density at radius 3 is 2.27 bits per heavy atom. The molecule has 2 atom stereocenters. The quantitative estimate of drug-likeness (QED) is 0.728. The van der Waals surface area contributed by atoms with Gasteiger partial charge in [0.15, 0.2) is 0 Å². The first kappa shape index (κ1) is 19.6. The highest BCUT2D eigenvalue weighted by molar-refractivity contribution is 7.86. The van der Waals surface area contributed by atoms with Gasteiger partial charge in [0.25, 0.3) is 0 Å². The second kappa shape index (κ2) is 9.02. The van der Waals surface area contributed by atoms with Gasteiger partial charge in [0.2, 0.25) is 0 Å². The Morgan fingerprint density at radius 2 is 1.82 bits per heavy atom. The number of nitrogens with one attached hydrogen (secondary N) is 1. The summed E-state index contributed by atoms with van der Waals surface area (Å²) in [6.45, 7) is 10.5. The fourth-order valence-corrected chi connectivity index (χ4v) is 3.86. The van der Waals surface area contributed by atoms with Crippen molar-refractivity contribution in [3.63, 3.8) is 0 Å². The van der Waals surface area contributed by atoms with Crippen molar-refractivity contribution in [3.05, 3.63) is 0 Å². The Bertz CT molecular complexity index is 371. The fourth-order valence-electron chi connectivity index (χ4n) is 3.06. The summed E-state index contributed by atoms with van der Waals surface area (Å²) in [6.07, 6.45) is 4.98. The number of hydrogen-bond donors (Lipinski definition) is 1. The lowest BCUT2D eigenvalue weighted by Gasteiger charge is -2.33. The SMILES string of the molecule is CCOC(=O)C1CCC([C@@H](CC)NCS(=O)C(C)(C)C)CC1. The first-order valence-electron chi connectivity index (χ1n) is 8.58. The maximum Gasteiger partial charge on any atom is 0.308 e. The number of carbonyl (C=O) groups excluding carboxylic acids is 1. The predicted molar refractivity (Wildman–Crippen MR) is 92.1 cm³/mol. The Morgan fingerprint density at radius 1 is 1.23 bits per heavy atom. The zero-order chi connectivity index (χ0) is 16.8. The molecular weight excluding hydrogens is 298 g/mol. The smallest absolute Gasteiger partial charge is 0.308 e. The molecule has 1 N–H and O–H groups in total. The van der Waals surface area contributed by atoms with Gasteiger partial charge >= 0.3 is 5.97 Å². The summed E-state index contributed by atoms with van der Waals surface area (Å²) in [5.74, 6) is 1.18. The third-order valence-corrected chi connectivity index (χ3v) is 6.36. The van der Waals surface area contributed by atoms with Gasteiger partial charge < -0.3 is 10.1 Å². The van der Waals surface area contributed by atoms with Crippen molar-refractivity contribution in [1.29, 1.82) is 0 Å². The lowest BCUT2D eigenvalue weighted by Crippen LogP contribution is -2.42. The highest BCUT2D eigenvalue weighted by Crippen LogP contribution is 2.32. The van der Waals surface area contributed by atoms with Crippen LogP contribution in [0.1, 0.15) is 66.7 Å². The first-order valence-corrected chi connectivity index (χ1v) is 9.90. The molecule has 5 heteroatoms. The molecule has 1 unspecified atom stereocenters. The van der Waals surface area contributed by atoms with E-state index in [4.69, 9.17) is 4.74 Å². The molecule has 0 radical (unpaired) electrons. The van der Waals surface area contributed by atoms with Gasteiger partial charge in [-0.2, -0.15) is 0 Å². The second-order valence-electron chi connectivity index (χ2n) is 7.18. The van der Waals surface area contributed by atoms with Crippen LogP contribution in [0.3, 0.4) is 0 Å². The first-order chi connectivity index (χ1) is 10.3. The Hall–Kier alpha value is -0.420. The van der Waals surface area contributed by atoms with E-state index in [1.54, 1.807) is 0 Å². The third-order valence-electron chi connectivity index (χ3n) is 4.56. The monoisotopic (exact) mass is 331 g/mol. The Labute approximate surface area is 138 Å². The molecule has 0 bridgehead atoms. The van der Waals surface area contributed by atoms with Crippen LogP contribution in [0.25, 0.3) is 0 Å². The summed E-state index contributed by atoms with van der Waals surface area (Å²) in [6, 6.07) is 0.398. The Kier molecular flexibility index (Phi) is 8.04. The normalized spacial score (nSPS) is 25.5. The molecule has 0 heterocycles. The van der Waals surface area contributed by atoms with Crippen LogP contribution in [0.5, 0.6) is 0 Å². The van der Waals surface area contributed by atoms with Crippen LogP contribution < -0.4 is 5.32 Å². The van der Waals surface area contributed by atoms with E-state index in [-0.39, 0.29) is 16.6 Å². The summed E-state index contributed by atoms with van der Waals surface area (Å²) >= 11 is 0.